The minimum atomic E-state index is -3.21. The van der Waals surface area contributed by atoms with Gasteiger partial charge in [0.15, 0.2) is 9.84 Å². The number of hydrogen-bond donors (Lipinski definition) is 1. The van der Waals surface area contributed by atoms with Crippen molar-refractivity contribution in [2.24, 2.45) is 0 Å². The molecule has 19 heavy (non-hydrogen) atoms. The van der Waals surface area contributed by atoms with Crippen LogP contribution in [0.2, 0.25) is 0 Å². The number of ether oxygens (including phenoxy) is 1. The molecule has 0 bridgehead atoms. The van der Waals surface area contributed by atoms with Crippen molar-refractivity contribution in [1.82, 2.24) is 0 Å². The molecule has 0 aliphatic heterocycles. The maximum Gasteiger partial charge on any atom is 0.340 e. The van der Waals surface area contributed by atoms with Crippen LogP contribution in [0.15, 0.2) is 18.2 Å². The molecule has 0 heterocycles. The first-order valence-corrected chi connectivity index (χ1v) is 7.76. The van der Waals surface area contributed by atoms with Crippen molar-refractivity contribution in [2.75, 3.05) is 12.3 Å². The van der Waals surface area contributed by atoms with E-state index in [1.165, 1.54) is 12.1 Å². The maximum absolute atomic E-state index is 11.8. The van der Waals surface area contributed by atoms with Crippen molar-refractivity contribution in [3.05, 3.63) is 29.3 Å². The van der Waals surface area contributed by atoms with E-state index >= 15 is 0 Å². The third-order valence-corrected chi connectivity index (χ3v) is 4.87. The molecule has 0 aliphatic rings. The molecule has 0 radical (unpaired) electrons. The second kappa shape index (κ2) is 6.06. The summed E-state index contributed by atoms with van der Waals surface area (Å²) in [7, 11) is -3.21. The Labute approximate surface area is 113 Å². The Morgan fingerprint density at radius 1 is 1.37 bits per heavy atom. The third kappa shape index (κ3) is 3.96. The van der Waals surface area contributed by atoms with E-state index in [4.69, 9.17) is 10.5 Å². The van der Waals surface area contributed by atoms with E-state index in [2.05, 4.69) is 0 Å². The molecule has 1 rings (SSSR count). The van der Waals surface area contributed by atoms with Gasteiger partial charge < -0.3 is 10.5 Å². The first-order valence-electron chi connectivity index (χ1n) is 6.05. The average molecular weight is 285 g/mol. The molecule has 0 unspecified atom stereocenters. The van der Waals surface area contributed by atoms with Gasteiger partial charge in [0.05, 0.1) is 23.2 Å². The van der Waals surface area contributed by atoms with Crippen molar-refractivity contribution in [3.8, 4) is 0 Å². The van der Waals surface area contributed by atoms with Crippen molar-refractivity contribution < 1.29 is 17.9 Å². The molecule has 106 valence electrons. The van der Waals surface area contributed by atoms with Gasteiger partial charge in [-0.15, -0.1) is 0 Å². The molecule has 0 saturated heterocycles. The summed E-state index contributed by atoms with van der Waals surface area (Å²) in [5.41, 5.74) is 6.72. The Hall–Kier alpha value is -1.56. The van der Waals surface area contributed by atoms with Crippen LogP contribution in [-0.2, 0) is 20.3 Å². The van der Waals surface area contributed by atoms with Crippen LogP contribution in [0.3, 0.4) is 0 Å². The van der Waals surface area contributed by atoms with Gasteiger partial charge in [0.1, 0.15) is 0 Å². The molecule has 2 N–H and O–H groups in total. The van der Waals surface area contributed by atoms with Gasteiger partial charge in [-0.3, -0.25) is 0 Å². The standard InChI is InChI=1S/C13H19NO4S/c1-4-18-13(15)11-7-10(5-6-12(11)14)8-19(16,17)9(2)3/h5-7,9H,4,8,14H2,1-3H3. The summed E-state index contributed by atoms with van der Waals surface area (Å²) in [6, 6.07) is 4.61. The number of carbonyl (C=O) groups excluding carboxylic acids is 1. The van der Waals surface area contributed by atoms with Crippen LogP contribution in [-0.4, -0.2) is 26.2 Å². The summed E-state index contributed by atoms with van der Waals surface area (Å²) in [4.78, 5) is 11.7. The van der Waals surface area contributed by atoms with Gasteiger partial charge in [-0.05, 0) is 38.5 Å². The van der Waals surface area contributed by atoms with E-state index in [1.807, 2.05) is 0 Å². The van der Waals surface area contributed by atoms with Gasteiger partial charge in [-0.1, -0.05) is 6.07 Å². The first kappa shape index (κ1) is 15.5. The molecule has 0 aromatic heterocycles. The molecule has 1 aromatic carbocycles. The number of anilines is 1. The highest BCUT2D eigenvalue weighted by Gasteiger charge is 2.19. The molecule has 5 nitrogen and oxygen atoms in total. The molecule has 0 fully saturated rings. The Morgan fingerprint density at radius 3 is 2.53 bits per heavy atom. The van der Waals surface area contributed by atoms with Crippen LogP contribution >= 0.6 is 0 Å². The van der Waals surface area contributed by atoms with Gasteiger partial charge >= 0.3 is 5.97 Å². The van der Waals surface area contributed by atoms with Crippen molar-refractivity contribution in [2.45, 2.75) is 31.8 Å². The zero-order valence-corrected chi connectivity index (χ0v) is 12.2. The summed E-state index contributed by atoms with van der Waals surface area (Å²) >= 11 is 0. The Morgan fingerprint density at radius 2 is 2.00 bits per heavy atom. The number of carbonyl (C=O) groups is 1. The lowest BCUT2D eigenvalue weighted by Crippen LogP contribution is -2.16. The minimum Gasteiger partial charge on any atom is -0.462 e. The normalized spacial score (nSPS) is 11.6. The van der Waals surface area contributed by atoms with E-state index in [9.17, 15) is 13.2 Å². The van der Waals surface area contributed by atoms with Crippen LogP contribution in [0, 0.1) is 0 Å². The molecular weight excluding hydrogens is 266 g/mol. The summed E-state index contributed by atoms with van der Waals surface area (Å²) in [5, 5.41) is -0.462. The summed E-state index contributed by atoms with van der Waals surface area (Å²) in [5.74, 6) is -0.652. The highest BCUT2D eigenvalue weighted by atomic mass is 32.2. The number of rotatable bonds is 5. The number of esters is 1. The molecular formula is C13H19NO4S. The van der Waals surface area contributed by atoms with Crippen LogP contribution in [0.4, 0.5) is 5.69 Å². The van der Waals surface area contributed by atoms with E-state index in [0.717, 1.165) is 0 Å². The zero-order chi connectivity index (χ0) is 14.6. The molecule has 1 aromatic rings. The molecule has 0 saturated carbocycles. The Bertz CT molecular complexity index is 564. The summed E-state index contributed by atoms with van der Waals surface area (Å²) in [6.45, 7) is 5.19. The number of nitrogens with two attached hydrogens (primary N) is 1. The monoisotopic (exact) mass is 285 g/mol. The van der Waals surface area contributed by atoms with Gasteiger partial charge in [-0.25, -0.2) is 13.2 Å². The zero-order valence-electron chi connectivity index (χ0n) is 11.3. The molecule has 0 amide bonds. The number of sulfone groups is 1. The second-order valence-electron chi connectivity index (χ2n) is 4.50. The topological polar surface area (TPSA) is 86.5 Å². The van der Waals surface area contributed by atoms with Crippen LogP contribution < -0.4 is 5.73 Å². The molecule has 0 spiro atoms. The van der Waals surface area contributed by atoms with Crippen molar-refractivity contribution >= 4 is 21.5 Å². The predicted octanol–water partition coefficient (Wildman–Crippen LogP) is 1.77. The van der Waals surface area contributed by atoms with Gasteiger partial charge in [-0.2, -0.15) is 0 Å². The van der Waals surface area contributed by atoms with E-state index < -0.39 is 21.1 Å². The largest absolute Gasteiger partial charge is 0.462 e. The molecule has 0 atom stereocenters. The Kier molecular flexibility index (Phi) is 4.94. The lowest BCUT2D eigenvalue weighted by molar-refractivity contribution is 0.0527. The molecule has 0 aliphatic carbocycles. The highest BCUT2D eigenvalue weighted by Crippen LogP contribution is 2.18. The van der Waals surface area contributed by atoms with E-state index in [1.54, 1.807) is 26.8 Å². The highest BCUT2D eigenvalue weighted by molar-refractivity contribution is 7.91. The van der Waals surface area contributed by atoms with Gasteiger partial charge in [0.2, 0.25) is 0 Å². The predicted molar refractivity (Wildman–Crippen MR) is 74.6 cm³/mol. The average Bonchev–Trinajstić information content (AvgIpc) is 2.31. The fourth-order valence-electron chi connectivity index (χ4n) is 1.48. The van der Waals surface area contributed by atoms with Crippen LogP contribution in [0.25, 0.3) is 0 Å². The quantitative estimate of drug-likeness (QED) is 0.658. The fraction of sp³-hybridized carbons (Fsp3) is 0.462. The lowest BCUT2D eigenvalue weighted by atomic mass is 10.1. The van der Waals surface area contributed by atoms with Crippen molar-refractivity contribution in [1.29, 1.82) is 0 Å². The number of nitrogen functional groups attached to an aromatic ring is 1. The number of hydrogen-bond acceptors (Lipinski definition) is 5. The summed E-state index contributed by atoms with van der Waals surface area (Å²) < 4.78 is 28.6. The number of benzene rings is 1. The maximum atomic E-state index is 11.8. The van der Waals surface area contributed by atoms with Crippen LogP contribution in [0.5, 0.6) is 0 Å². The first-order chi connectivity index (χ1) is 8.77. The van der Waals surface area contributed by atoms with Crippen LogP contribution in [0.1, 0.15) is 36.7 Å². The second-order valence-corrected chi connectivity index (χ2v) is 7.06. The Balaban J connectivity index is 3.07. The smallest absolute Gasteiger partial charge is 0.340 e. The SMILES string of the molecule is CCOC(=O)c1cc(CS(=O)(=O)C(C)C)ccc1N. The fourth-order valence-corrected chi connectivity index (χ4v) is 2.46. The van der Waals surface area contributed by atoms with Crippen molar-refractivity contribution in [3.63, 3.8) is 0 Å². The van der Waals surface area contributed by atoms with Gasteiger partial charge in [0, 0.05) is 5.69 Å². The lowest BCUT2D eigenvalue weighted by Gasteiger charge is -2.10. The van der Waals surface area contributed by atoms with Gasteiger partial charge in [0.25, 0.3) is 0 Å². The summed E-state index contributed by atoms with van der Waals surface area (Å²) in [6.07, 6.45) is 0. The molecule has 6 heteroatoms. The van der Waals surface area contributed by atoms with E-state index in [0.29, 0.717) is 5.56 Å². The minimum absolute atomic E-state index is 0.114. The van der Waals surface area contributed by atoms with E-state index in [-0.39, 0.29) is 23.6 Å². The third-order valence-electron chi connectivity index (χ3n) is 2.70.